The van der Waals surface area contributed by atoms with Gasteiger partial charge in [0.1, 0.15) is 0 Å². The second-order valence-electron chi connectivity index (χ2n) is 9.25. The second-order valence-corrected chi connectivity index (χ2v) is 9.25. The molecule has 2 nitrogen and oxygen atoms in total. The molecule has 0 spiro atoms. The zero-order valence-corrected chi connectivity index (χ0v) is 19.7. The number of para-hydroxylation sites is 2. The third-order valence-electron chi connectivity index (χ3n) is 6.96. The van der Waals surface area contributed by atoms with Crippen LogP contribution < -0.4 is 10.6 Å². The van der Waals surface area contributed by atoms with E-state index < -0.39 is 0 Å². The maximum Gasteiger partial charge on any atom is 0.0623 e. The zero-order valence-electron chi connectivity index (χ0n) is 19.7. The van der Waals surface area contributed by atoms with Crippen LogP contribution in [0.1, 0.15) is 0 Å². The van der Waals surface area contributed by atoms with E-state index in [1.165, 1.54) is 43.1 Å². The smallest absolute Gasteiger partial charge is 0.0623 e. The molecule has 0 saturated heterocycles. The topological polar surface area (TPSA) is 24.1 Å². The maximum absolute atomic E-state index is 3.72. The first kappa shape index (κ1) is 20.5. The van der Waals surface area contributed by atoms with Crippen molar-refractivity contribution in [1.82, 2.24) is 0 Å². The van der Waals surface area contributed by atoms with E-state index in [0.717, 1.165) is 22.7 Å². The molecular weight excluding hydrogens is 436 g/mol. The quantitative estimate of drug-likeness (QED) is 0.255. The number of anilines is 4. The van der Waals surface area contributed by atoms with Gasteiger partial charge in [-0.1, -0.05) is 84.9 Å². The van der Waals surface area contributed by atoms with E-state index in [9.17, 15) is 0 Å². The predicted octanol–water partition coefficient (Wildman–Crippen LogP) is 9.79. The predicted molar refractivity (Wildman–Crippen MR) is 156 cm³/mol. The molecule has 0 unspecified atom stereocenters. The van der Waals surface area contributed by atoms with E-state index in [1.54, 1.807) is 0 Å². The molecule has 7 aromatic rings. The van der Waals surface area contributed by atoms with Gasteiger partial charge in [-0.05, 0) is 80.8 Å². The van der Waals surface area contributed by atoms with Crippen LogP contribution in [0.5, 0.6) is 0 Å². The van der Waals surface area contributed by atoms with Gasteiger partial charge in [0.25, 0.3) is 0 Å². The minimum atomic E-state index is 1.04. The molecule has 7 rings (SSSR count). The summed E-state index contributed by atoms with van der Waals surface area (Å²) in [4.78, 5) is 0. The molecule has 0 aliphatic carbocycles. The fourth-order valence-electron chi connectivity index (χ4n) is 5.14. The molecule has 0 aromatic heterocycles. The molecule has 36 heavy (non-hydrogen) atoms. The molecular formula is C34H24N2. The Labute approximate surface area is 209 Å². The van der Waals surface area contributed by atoms with Crippen LogP contribution in [0.4, 0.5) is 22.7 Å². The van der Waals surface area contributed by atoms with Crippen molar-refractivity contribution in [2.75, 3.05) is 10.6 Å². The highest BCUT2D eigenvalue weighted by atomic mass is 15.0. The Bertz CT molecular complexity index is 1760. The molecule has 0 aliphatic heterocycles. The van der Waals surface area contributed by atoms with Crippen molar-refractivity contribution in [3.63, 3.8) is 0 Å². The van der Waals surface area contributed by atoms with Crippen molar-refractivity contribution in [2.24, 2.45) is 0 Å². The number of hydrogen-bond acceptors (Lipinski definition) is 2. The lowest BCUT2D eigenvalue weighted by molar-refractivity contribution is 1.53. The van der Waals surface area contributed by atoms with Gasteiger partial charge in [-0.3, -0.25) is 0 Å². The van der Waals surface area contributed by atoms with Gasteiger partial charge in [0.2, 0.25) is 0 Å². The van der Waals surface area contributed by atoms with Gasteiger partial charge in [-0.15, -0.1) is 0 Å². The lowest BCUT2D eigenvalue weighted by atomic mass is 10.0. The first-order valence-electron chi connectivity index (χ1n) is 12.3. The molecule has 170 valence electrons. The summed E-state index contributed by atoms with van der Waals surface area (Å²) in [5, 5.41) is 17.3. The van der Waals surface area contributed by atoms with Gasteiger partial charge in [0, 0.05) is 22.1 Å². The second kappa shape index (κ2) is 8.44. The summed E-state index contributed by atoms with van der Waals surface area (Å²) in [7, 11) is 0. The molecule has 0 radical (unpaired) electrons. The lowest BCUT2D eigenvalue weighted by Crippen LogP contribution is -1.98. The third-order valence-corrected chi connectivity index (χ3v) is 6.96. The number of benzene rings is 7. The molecule has 0 fully saturated rings. The molecule has 0 heterocycles. The number of nitrogens with one attached hydrogen (secondary N) is 2. The highest BCUT2D eigenvalue weighted by molar-refractivity contribution is 6.06. The molecule has 0 aliphatic rings. The third kappa shape index (κ3) is 3.60. The summed E-state index contributed by atoms with van der Waals surface area (Å²) < 4.78 is 0. The van der Waals surface area contributed by atoms with E-state index in [1.807, 2.05) is 0 Å². The van der Waals surface area contributed by atoms with E-state index in [2.05, 4.69) is 144 Å². The Hall–Kier alpha value is -4.82. The van der Waals surface area contributed by atoms with Crippen molar-refractivity contribution in [3.05, 3.63) is 133 Å². The van der Waals surface area contributed by atoms with Crippen molar-refractivity contribution in [1.29, 1.82) is 0 Å². The summed E-state index contributed by atoms with van der Waals surface area (Å²) in [6, 6.07) is 47.4. The van der Waals surface area contributed by atoms with Crippen LogP contribution in [0.25, 0.3) is 43.1 Å². The van der Waals surface area contributed by atoms with Crippen molar-refractivity contribution in [2.45, 2.75) is 0 Å². The van der Waals surface area contributed by atoms with Gasteiger partial charge in [-0.25, -0.2) is 0 Å². The van der Waals surface area contributed by atoms with E-state index >= 15 is 0 Å². The molecule has 2 N–H and O–H groups in total. The van der Waals surface area contributed by atoms with Crippen LogP contribution >= 0.6 is 0 Å². The summed E-state index contributed by atoms with van der Waals surface area (Å²) in [6.07, 6.45) is 0. The van der Waals surface area contributed by atoms with Crippen LogP contribution in [0, 0.1) is 0 Å². The average Bonchev–Trinajstić information content (AvgIpc) is 2.92. The molecule has 0 atom stereocenters. The highest BCUT2D eigenvalue weighted by Gasteiger charge is 2.09. The number of rotatable bonds is 4. The van der Waals surface area contributed by atoms with Gasteiger partial charge in [0.15, 0.2) is 0 Å². The molecule has 0 bridgehead atoms. The van der Waals surface area contributed by atoms with Crippen LogP contribution in [-0.4, -0.2) is 0 Å². The number of hydrogen-bond donors (Lipinski definition) is 2. The lowest BCUT2D eigenvalue weighted by Gasteiger charge is -2.17. The van der Waals surface area contributed by atoms with Crippen LogP contribution in [-0.2, 0) is 0 Å². The summed E-state index contributed by atoms with van der Waals surface area (Å²) in [5.41, 5.74) is 4.26. The minimum absolute atomic E-state index is 1.04. The van der Waals surface area contributed by atoms with Crippen LogP contribution in [0.3, 0.4) is 0 Å². The van der Waals surface area contributed by atoms with Crippen LogP contribution in [0.15, 0.2) is 133 Å². The Morgan fingerprint density at radius 3 is 1.06 bits per heavy atom. The monoisotopic (exact) mass is 460 g/mol. The Kier molecular flexibility index (Phi) is 4.82. The zero-order chi connectivity index (χ0) is 23.9. The van der Waals surface area contributed by atoms with Crippen molar-refractivity contribution in [3.8, 4) is 0 Å². The standard InChI is InChI=1S/C34H24N2/c1-3-11-25-21-29-27(19-23(25)9-1)13-7-17-31(29)35-33-15-5-6-16-34(33)36-32-18-8-14-28-20-24-10-2-4-12-26(24)22-30(28)32/h1-22,35-36H. The van der Waals surface area contributed by atoms with E-state index in [-0.39, 0.29) is 0 Å². The van der Waals surface area contributed by atoms with Gasteiger partial charge in [0.05, 0.1) is 11.4 Å². The maximum atomic E-state index is 3.72. The van der Waals surface area contributed by atoms with Crippen molar-refractivity contribution < 1.29 is 0 Å². The van der Waals surface area contributed by atoms with Crippen LogP contribution in [0.2, 0.25) is 0 Å². The number of fused-ring (bicyclic) bond motifs is 4. The molecule has 0 amide bonds. The molecule has 0 saturated carbocycles. The van der Waals surface area contributed by atoms with E-state index in [4.69, 9.17) is 0 Å². The molecule has 7 aromatic carbocycles. The molecule has 2 heteroatoms. The fourth-order valence-corrected chi connectivity index (χ4v) is 5.14. The van der Waals surface area contributed by atoms with Gasteiger partial charge < -0.3 is 10.6 Å². The Morgan fingerprint density at radius 2 is 0.611 bits per heavy atom. The first-order chi connectivity index (χ1) is 17.8. The highest BCUT2D eigenvalue weighted by Crippen LogP contribution is 2.36. The Morgan fingerprint density at radius 1 is 0.278 bits per heavy atom. The normalized spacial score (nSPS) is 11.3. The Balaban J connectivity index is 1.30. The average molecular weight is 461 g/mol. The SMILES string of the molecule is c1ccc(Nc2cccc3cc4ccccc4cc23)c(Nc2cccc3cc4ccccc4cc23)c1. The minimum Gasteiger partial charge on any atom is -0.353 e. The first-order valence-corrected chi connectivity index (χ1v) is 12.3. The summed E-state index contributed by atoms with van der Waals surface area (Å²) >= 11 is 0. The fraction of sp³-hybridized carbons (Fsp3) is 0. The van der Waals surface area contributed by atoms with Crippen molar-refractivity contribution >= 4 is 65.8 Å². The summed E-state index contributed by atoms with van der Waals surface area (Å²) in [6.45, 7) is 0. The largest absolute Gasteiger partial charge is 0.353 e. The van der Waals surface area contributed by atoms with Gasteiger partial charge >= 0.3 is 0 Å². The summed E-state index contributed by atoms with van der Waals surface area (Å²) in [5.74, 6) is 0. The van der Waals surface area contributed by atoms with Gasteiger partial charge in [-0.2, -0.15) is 0 Å². The van der Waals surface area contributed by atoms with E-state index in [0.29, 0.717) is 0 Å².